The number of hydrogen-bond donors (Lipinski definition) is 1. The van der Waals surface area contributed by atoms with Crippen LogP contribution in [0.4, 0.5) is 0 Å². The lowest BCUT2D eigenvalue weighted by atomic mass is 10.1. The molecule has 28 heavy (non-hydrogen) atoms. The van der Waals surface area contributed by atoms with Crippen molar-refractivity contribution in [1.29, 1.82) is 0 Å². The van der Waals surface area contributed by atoms with E-state index in [0.29, 0.717) is 22.3 Å². The monoisotopic (exact) mass is 370 g/mol. The molecule has 3 heterocycles. The smallest absolute Gasteiger partial charge is 0.266 e. The maximum Gasteiger partial charge on any atom is 0.266 e. The van der Waals surface area contributed by atoms with Crippen LogP contribution in [0.25, 0.3) is 28.7 Å². The first kappa shape index (κ1) is 17.6. The summed E-state index contributed by atoms with van der Waals surface area (Å²) in [6, 6.07) is 9.00. The number of hydrogen-bond acceptors (Lipinski definition) is 4. The van der Waals surface area contributed by atoms with Crippen molar-refractivity contribution in [2.24, 2.45) is 0 Å². The molecule has 0 amide bonds. The van der Waals surface area contributed by atoms with Gasteiger partial charge in [-0.15, -0.1) is 0 Å². The fourth-order valence-electron chi connectivity index (χ4n) is 3.26. The molecule has 0 unspecified atom stereocenters. The highest BCUT2D eigenvalue weighted by molar-refractivity contribution is 5.79. The average Bonchev–Trinajstić information content (AvgIpc) is 2.69. The molecule has 0 saturated carbocycles. The second kappa shape index (κ2) is 7.08. The molecule has 138 valence electrons. The van der Waals surface area contributed by atoms with E-state index < -0.39 is 0 Å². The van der Waals surface area contributed by atoms with Crippen LogP contribution in [0.1, 0.15) is 22.5 Å². The predicted molar refractivity (Wildman–Crippen MR) is 111 cm³/mol. The van der Waals surface area contributed by atoms with Crippen molar-refractivity contribution in [3.05, 3.63) is 98.2 Å². The van der Waals surface area contributed by atoms with E-state index in [1.165, 1.54) is 6.07 Å². The van der Waals surface area contributed by atoms with Gasteiger partial charge >= 0.3 is 0 Å². The van der Waals surface area contributed by atoms with E-state index in [1.54, 1.807) is 47.6 Å². The molecule has 3 aromatic heterocycles. The van der Waals surface area contributed by atoms with Gasteiger partial charge in [0.25, 0.3) is 5.56 Å². The highest BCUT2D eigenvalue weighted by Gasteiger charge is 2.14. The number of aromatic amines is 1. The fraction of sp³-hybridized carbons (Fsp3) is 0.0909. The zero-order valence-corrected chi connectivity index (χ0v) is 15.5. The SMILES string of the molecule is Cc1cccc(C)c1-n1c(C=Cc2c[nH]ccc2=O)nc2cnccc2c1=O. The highest BCUT2D eigenvalue weighted by atomic mass is 16.1. The van der Waals surface area contributed by atoms with E-state index >= 15 is 0 Å². The third kappa shape index (κ3) is 3.05. The zero-order chi connectivity index (χ0) is 19.7. The molecule has 0 radical (unpaired) electrons. The summed E-state index contributed by atoms with van der Waals surface area (Å²) < 4.78 is 1.60. The molecular formula is C22H18N4O2. The Kier molecular flexibility index (Phi) is 4.45. The third-order valence-corrected chi connectivity index (χ3v) is 4.63. The molecule has 1 aromatic carbocycles. The summed E-state index contributed by atoms with van der Waals surface area (Å²) >= 11 is 0. The Labute approximate surface area is 160 Å². The molecule has 6 nitrogen and oxygen atoms in total. The molecule has 0 atom stereocenters. The molecule has 0 fully saturated rings. The Morgan fingerprint density at radius 1 is 1.04 bits per heavy atom. The number of nitrogens with zero attached hydrogens (tertiary/aromatic N) is 3. The molecular weight excluding hydrogens is 352 g/mol. The van der Waals surface area contributed by atoms with Gasteiger partial charge in [0.05, 0.1) is 22.8 Å². The van der Waals surface area contributed by atoms with Crippen LogP contribution >= 0.6 is 0 Å². The van der Waals surface area contributed by atoms with Gasteiger partial charge in [-0.05, 0) is 43.2 Å². The fourth-order valence-corrected chi connectivity index (χ4v) is 3.26. The lowest BCUT2D eigenvalue weighted by molar-refractivity contribution is 0.923. The summed E-state index contributed by atoms with van der Waals surface area (Å²) in [6.07, 6.45) is 9.68. The largest absolute Gasteiger partial charge is 0.367 e. The van der Waals surface area contributed by atoms with Crippen molar-refractivity contribution in [2.75, 3.05) is 0 Å². The number of aryl methyl sites for hydroxylation is 2. The molecule has 4 aromatic rings. The van der Waals surface area contributed by atoms with Crippen molar-refractivity contribution >= 4 is 23.1 Å². The number of benzene rings is 1. The minimum Gasteiger partial charge on any atom is -0.367 e. The molecule has 0 bridgehead atoms. The highest BCUT2D eigenvalue weighted by Crippen LogP contribution is 2.21. The van der Waals surface area contributed by atoms with Gasteiger partial charge in [0.2, 0.25) is 0 Å². The lowest BCUT2D eigenvalue weighted by Gasteiger charge is -2.16. The van der Waals surface area contributed by atoms with Crippen LogP contribution in [0.2, 0.25) is 0 Å². The number of H-pyrrole nitrogens is 1. The second-order valence-corrected chi connectivity index (χ2v) is 6.54. The topological polar surface area (TPSA) is 80.6 Å². The quantitative estimate of drug-likeness (QED) is 0.600. The predicted octanol–water partition coefficient (Wildman–Crippen LogP) is 3.26. The van der Waals surface area contributed by atoms with Crippen molar-refractivity contribution < 1.29 is 0 Å². The van der Waals surface area contributed by atoms with Gasteiger partial charge in [0, 0.05) is 30.2 Å². The van der Waals surface area contributed by atoms with Gasteiger partial charge in [-0.1, -0.05) is 18.2 Å². The Morgan fingerprint density at radius 3 is 2.57 bits per heavy atom. The lowest BCUT2D eigenvalue weighted by Crippen LogP contribution is -2.24. The summed E-state index contributed by atoms with van der Waals surface area (Å²) in [6.45, 7) is 3.92. The van der Waals surface area contributed by atoms with Crippen LogP contribution in [-0.4, -0.2) is 19.5 Å². The first-order chi connectivity index (χ1) is 13.6. The van der Waals surface area contributed by atoms with Gasteiger partial charge in [-0.25, -0.2) is 4.98 Å². The summed E-state index contributed by atoms with van der Waals surface area (Å²) in [5.41, 5.74) is 3.42. The van der Waals surface area contributed by atoms with E-state index in [1.807, 2.05) is 32.0 Å². The zero-order valence-electron chi connectivity index (χ0n) is 15.5. The minimum atomic E-state index is -0.175. The number of para-hydroxylation sites is 1. The van der Waals surface area contributed by atoms with Crippen molar-refractivity contribution in [2.45, 2.75) is 13.8 Å². The van der Waals surface area contributed by atoms with E-state index in [2.05, 4.69) is 15.0 Å². The van der Waals surface area contributed by atoms with Crippen LogP contribution in [0.3, 0.4) is 0 Å². The van der Waals surface area contributed by atoms with Gasteiger partial charge < -0.3 is 4.98 Å². The van der Waals surface area contributed by atoms with E-state index in [0.717, 1.165) is 16.8 Å². The Balaban J connectivity index is 2.04. The number of pyridine rings is 2. The first-order valence-electron chi connectivity index (χ1n) is 8.85. The van der Waals surface area contributed by atoms with E-state index in [9.17, 15) is 9.59 Å². The summed E-state index contributed by atoms with van der Waals surface area (Å²) in [7, 11) is 0. The van der Waals surface area contributed by atoms with Gasteiger partial charge in [-0.2, -0.15) is 0 Å². The Morgan fingerprint density at radius 2 is 1.82 bits per heavy atom. The maximum absolute atomic E-state index is 13.3. The first-order valence-corrected chi connectivity index (χ1v) is 8.85. The van der Waals surface area contributed by atoms with Gasteiger partial charge in [0.15, 0.2) is 5.43 Å². The molecule has 1 N–H and O–H groups in total. The summed E-state index contributed by atoms with van der Waals surface area (Å²) in [5, 5.41) is 0.493. The standard InChI is InChI=1S/C22H18N4O2/c1-14-4-3-5-15(2)21(14)26-20(7-6-16-12-23-11-9-19(16)27)25-18-13-24-10-8-17(18)22(26)28/h3-13H,1-2H3,(H,23,27). The van der Waals surface area contributed by atoms with Gasteiger partial charge in [-0.3, -0.25) is 19.1 Å². The number of aromatic nitrogens is 4. The van der Waals surface area contributed by atoms with Crippen molar-refractivity contribution in [3.8, 4) is 5.69 Å². The van der Waals surface area contributed by atoms with Gasteiger partial charge in [0.1, 0.15) is 5.82 Å². The minimum absolute atomic E-state index is 0.113. The van der Waals surface area contributed by atoms with E-state index in [-0.39, 0.29) is 11.0 Å². The number of nitrogens with one attached hydrogen (secondary N) is 1. The van der Waals surface area contributed by atoms with Crippen LogP contribution in [0, 0.1) is 13.8 Å². The second-order valence-electron chi connectivity index (χ2n) is 6.54. The molecule has 0 spiro atoms. The third-order valence-electron chi connectivity index (χ3n) is 4.63. The molecule has 4 rings (SSSR count). The summed E-state index contributed by atoms with van der Waals surface area (Å²) in [5.74, 6) is 0.436. The Bertz CT molecular complexity index is 1310. The molecule has 0 aliphatic rings. The van der Waals surface area contributed by atoms with E-state index in [4.69, 9.17) is 0 Å². The van der Waals surface area contributed by atoms with Crippen LogP contribution in [0.15, 0.2) is 64.7 Å². The Hall–Kier alpha value is -3.80. The molecule has 0 aliphatic heterocycles. The molecule has 0 aliphatic carbocycles. The van der Waals surface area contributed by atoms with Crippen LogP contribution < -0.4 is 11.0 Å². The van der Waals surface area contributed by atoms with Crippen molar-refractivity contribution in [3.63, 3.8) is 0 Å². The normalized spacial score (nSPS) is 11.4. The average molecular weight is 370 g/mol. The maximum atomic E-state index is 13.3. The summed E-state index contributed by atoms with van der Waals surface area (Å²) in [4.78, 5) is 36.9. The number of rotatable bonds is 3. The molecule has 6 heteroatoms. The van der Waals surface area contributed by atoms with Crippen LogP contribution in [-0.2, 0) is 0 Å². The number of fused-ring (bicyclic) bond motifs is 1. The van der Waals surface area contributed by atoms with Crippen molar-refractivity contribution in [1.82, 2.24) is 19.5 Å². The van der Waals surface area contributed by atoms with Crippen LogP contribution in [0.5, 0.6) is 0 Å². The molecule has 0 saturated heterocycles.